The molecule has 1 aromatic heterocycles. The summed E-state index contributed by atoms with van der Waals surface area (Å²) in [6.45, 7) is 1.46. The van der Waals surface area contributed by atoms with Crippen LogP contribution < -0.4 is 15.4 Å². The fourth-order valence-electron chi connectivity index (χ4n) is 2.48. The van der Waals surface area contributed by atoms with Gasteiger partial charge in [-0.05, 0) is 48.4 Å². The molecule has 1 heterocycles. The Morgan fingerprint density at radius 2 is 1.88 bits per heavy atom. The lowest BCUT2D eigenvalue weighted by atomic mass is 10.1. The Kier molecular flexibility index (Phi) is 5.48. The van der Waals surface area contributed by atoms with Crippen molar-refractivity contribution in [3.8, 4) is 5.75 Å². The quantitative estimate of drug-likeness (QED) is 0.692. The first-order valence-corrected chi connectivity index (χ1v) is 8.96. The topological polar surface area (TPSA) is 80.3 Å². The maximum absolute atomic E-state index is 12.1. The SMILES string of the molecule is COc1ccc(NC(=O)CCc2ccc3nc(NC(C)=O)sc3c2)cc1. The van der Waals surface area contributed by atoms with E-state index in [0.717, 1.165) is 27.2 Å². The van der Waals surface area contributed by atoms with Gasteiger partial charge in [-0.2, -0.15) is 0 Å². The molecule has 0 aliphatic heterocycles. The second-order valence-corrected chi connectivity index (χ2v) is 6.81. The average Bonchev–Trinajstić information content (AvgIpc) is 3.01. The summed E-state index contributed by atoms with van der Waals surface area (Å²) in [6, 6.07) is 13.1. The molecule has 0 saturated heterocycles. The van der Waals surface area contributed by atoms with Crippen molar-refractivity contribution in [1.29, 1.82) is 0 Å². The molecule has 2 N–H and O–H groups in total. The minimum Gasteiger partial charge on any atom is -0.497 e. The third-order valence-electron chi connectivity index (χ3n) is 3.75. The van der Waals surface area contributed by atoms with Gasteiger partial charge in [-0.25, -0.2) is 4.98 Å². The van der Waals surface area contributed by atoms with Gasteiger partial charge in [-0.1, -0.05) is 17.4 Å². The van der Waals surface area contributed by atoms with Crippen LogP contribution in [0.4, 0.5) is 10.8 Å². The van der Waals surface area contributed by atoms with E-state index in [4.69, 9.17) is 4.74 Å². The van der Waals surface area contributed by atoms with E-state index in [1.165, 1.54) is 18.3 Å². The lowest BCUT2D eigenvalue weighted by Crippen LogP contribution is -2.12. The molecule has 2 aromatic carbocycles. The Morgan fingerprint density at radius 3 is 2.58 bits per heavy atom. The molecule has 0 fully saturated rings. The standard InChI is InChI=1S/C19H19N3O3S/c1-12(23)20-19-22-16-9-3-13(11-17(16)26-19)4-10-18(24)21-14-5-7-15(25-2)8-6-14/h3,5-9,11H,4,10H2,1-2H3,(H,21,24)(H,20,22,23). The maximum Gasteiger partial charge on any atom is 0.224 e. The Hall–Kier alpha value is -2.93. The molecule has 6 nitrogen and oxygen atoms in total. The van der Waals surface area contributed by atoms with Crippen molar-refractivity contribution in [2.75, 3.05) is 17.7 Å². The van der Waals surface area contributed by atoms with Gasteiger partial charge in [0.05, 0.1) is 17.3 Å². The number of nitrogens with zero attached hydrogens (tertiary/aromatic N) is 1. The van der Waals surface area contributed by atoms with E-state index in [9.17, 15) is 9.59 Å². The minimum atomic E-state index is -0.139. The zero-order chi connectivity index (χ0) is 18.5. The van der Waals surface area contributed by atoms with Gasteiger partial charge in [0.2, 0.25) is 11.8 Å². The number of aromatic nitrogens is 1. The maximum atomic E-state index is 12.1. The lowest BCUT2D eigenvalue weighted by Gasteiger charge is -2.06. The number of methoxy groups -OCH3 is 1. The summed E-state index contributed by atoms with van der Waals surface area (Å²) in [7, 11) is 1.60. The zero-order valence-corrected chi connectivity index (χ0v) is 15.4. The molecule has 0 bridgehead atoms. The van der Waals surface area contributed by atoms with E-state index in [2.05, 4.69) is 15.6 Å². The normalized spacial score (nSPS) is 10.5. The third kappa shape index (κ3) is 4.58. The summed E-state index contributed by atoms with van der Waals surface area (Å²) in [5, 5.41) is 6.15. The van der Waals surface area contributed by atoms with E-state index in [-0.39, 0.29) is 11.8 Å². The van der Waals surface area contributed by atoms with E-state index in [1.54, 1.807) is 19.2 Å². The van der Waals surface area contributed by atoms with Crippen molar-refractivity contribution in [1.82, 2.24) is 4.98 Å². The average molecular weight is 369 g/mol. The number of nitrogens with one attached hydrogen (secondary N) is 2. The van der Waals surface area contributed by atoms with Gasteiger partial charge in [0.15, 0.2) is 5.13 Å². The number of anilines is 2. The predicted molar refractivity (Wildman–Crippen MR) is 104 cm³/mol. The number of carbonyl (C=O) groups is 2. The van der Waals surface area contributed by atoms with Crippen LogP contribution in [0.2, 0.25) is 0 Å². The first-order chi connectivity index (χ1) is 12.5. The molecule has 0 spiro atoms. The highest BCUT2D eigenvalue weighted by Crippen LogP contribution is 2.27. The van der Waals surface area contributed by atoms with Crippen LogP contribution in [0.1, 0.15) is 18.9 Å². The van der Waals surface area contributed by atoms with Gasteiger partial charge in [0.1, 0.15) is 5.75 Å². The molecular weight excluding hydrogens is 350 g/mol. The molecule has 3 aromatic rings. The Labute approximate surface area is 155 Å². The van der Waals surface area contributed by atoms with Crippen LogP contribution in [0.25, 0.3) is 10.2 Å². The first kappa shape index (κ1) is 17.9. The van der Waals surface area contributed by atoms with E-state index in [1.807, 2.05) is 30.3 Å². The van der Waals surface area contributed by atoms with Crippen molar-refractivity contribution in [3.63, 3.8) is 0 Å². The van der Waals surface area contributed by atoms with E-state index >= 15 is 0 Å². The highest BCUT2D eigenvalue weighted by atomic mass is 32.1. The summed E-state index contributed by atoms with van der Waals surface area (Å²) in [6.07, 6.45) is 1.01. The van der Waals surface area contributed by atoms with Crippen LogP contribution in [0, 0.1) is 0 Å². The number of carbonyl (C=O) groups excluding carboxylic acids is 2. The highest BCUT2D eigenvalue weighted by Gasteiger charge is 2.08. The second kappa shape index (κ2) is 7.97. The van der Waals surface area contributed by atoms with Crippen LogP contribution in [0.15, 0.2) is 42.5 Å². The number of aryl methyl sites for hydroxylation is 1. The molecule has 0 radical (unpaired) electrons. The fraction of sp³-hybridized carbons (Fsp3) is 0.211. The number of hydrogen-bond donors (Lipinski definition) is 2. The molecule has 3 rings (SSSR count). The molecule has 0 atom stereocenters. The van der Waals surface area contributed by atoms with Gasteiger partial charge < -0.3 is 15.4 Å². The summed E-state index contributed by atoms with van der Waals surface area (Å²) in [4.78, 5) is 27.6. The molecule has 7 heteroatoms. The van der Waals surface area contributed by atoms with E-state index in [0.29, 0.717) is 18.0 Å². The van der Waals surface area contributed by atoms with Crippen LogP contribution in [0.5, 0.6) is 5.75 Å². The van der Waals surface area contributed by atoms with Crippen LogP contribution >= 0.6 is 11.3 Å². The van der Waals surface area contributed by atoms with Crippen molar-refractivity contribution < 1.29 is 14.3 Å². The molecule has 2 amide bonds. The van der Waals surface area contributed by atoms with E-state index < -0.39 is 0 Å². The van der Waals surface area contributed by atoms with Crippen LogP contribution in [0.3, 0.4) is 0 Å². The Balaban J connectivity index is 1.59. The third-order valence-corrected chi connectivity index (χ3v) is 4.68. The number of fused-ring (bicyclic) bond motifs is 1. The van der Waals surface area contributed by atoms with Crippen LogP contribution in [-0.2, 0) is 16.0 Å². The number of hydrogen-bond acceptors (Lipinski definition) is 5. The van der Waals surface area contributed by atoms with Gasteiger partial charge in [0, 0.05) is 19.0 Å². The fourth-order valence-corrected chi connectivity index (χ4v) is 3.46. The Bertz CT molecular complexity index is 935. The molecule has 0 aliphatic rings. The second-order valence-electron chi connectivity index (χ2n) is 5.78. The van der Waals surface area contributed by atoms with Gasteiger partial charge in [-0.3, -0.25) is 9.59 Å². The smallest absolute Gasteiger partial charge is 0.224 e. The molecule has 134 valence electrons. The van der Waals surface area contributed by atoms with Crippen molar-refractivity contribution in [3.05, 3.63) is 48.0 Å². The molecule has 0 aliphatic carbocycles. The number of rotatable bonds is 6. The minimum absolute atomic E-state index is 0.0431. The van der Waals surface area contributed by atoms with Crippen molar-refractivity contribution in [2.45, 2.75) is 19.8 Å². The zero-order valence-electron chi connectivity index (χ0n) is 14.5. The summed E-state index contributed by atoms with van der Waals surface area (Å²) >= 11 is 1.42. The molecule has 26 heavy (non-hydrogen) atoms. The summed E-state index contributed by atoms with van der Waals surface area (Å²) in [5.74, 6) is 0.567. The monoisotopic (exact) mass is 369 g/mol. The Morgan fingerprint density at radius 1 is 1.12 bits per heavy atom. The van der Waals surface area contributed by atoms with Crippen molar-refractivity contribution in [2.24, 2.45) is 0 Å². The number of thiazole rings is 1. The van der Waals surface area contributed by atoms with Crippen LogP contribution in [-0.4, -0.2) is 23.9 Å². The highest BCUT2D eigenvalue weighted by molar-refractivity contribution is 7.22. The number of ether oxygens (including phenoxy) is 1. The predicted octanol–water partition coefficient (Wildman–Crippen LogP) is 3.83. The van der Waals surface area contributed by atoms with Gasteiger partial charge in [0.25, 0.3) is 0 Å². The lowest BCUT2D eigenvalue weighted by molar-refractivity contribution is -0.116. The first-order valence-electron chi connectivity index (χ1n) is 8.14. The van der Waals surface area contributed by atoms with Gasteiger partial charge >= 0.3 is 0 Å². The summed E-state index contributed by atoms with van der Waals surface area (Å²) < 4.78 is 6.09. The molecular formula is C19H19N3O3S. The number of benzene rings is 2. The number of amides is 2. The van der Waals surface area contributed by atoms with Crippen molar-refractivity contribution >= 4 is 44.2 Å². The molecule has 0 saturated carbocycles. The summed E-state index contributed by atoms with van der Waals surface area (Å²) in [5.41, 5.74) is 2.64. The molecule has 0 unspecified atom stereocenters. The largest absolute Gasteiger partial charge is 0.497 e. The van der Waals surface area contributed by atoms with Gasteiger partial charge in [-0.15, -0.1) is 0 Å².